The fraction of sp³-hybridized carbons (Fsp3) is 0.500. The fourth-order valence-corrected chi connectivity index (χ4v) is 4.04. The van der Waals surface area contributed by atoms with E-state index < -0.39 is 10.0 Å². The Labute approximate surface area is 130 Å². The van der Waals surface area contributed by atoms with Gasteiger partial charge in [0.05, 0.1) is 5.56 Å². The third-order valence-electron chi connectivity index (χ3n) is 3.73. The molecule has 7 heteroatoms. The average molecular weight is 328 g/mol. The first-order chi connectivity index (χ1) is 9.86. The number of hydrogen-bond acceptors (Lipinski definition) is 4. The molecule has 1 aliphatic heterocycles. The predicted molar refractivity (Wildman–Crippen MR) is 81.6 cm³/mol. The second-order valence-corrected chi connectivity index (χ2v) is 7.84. The smallest absolute Gasteiger partial charge is 0.241 e. The minimum atomic E-state index is -3.75. The van der Waals surface area contributed by atoms with Crippen molar-refractivity contribution in [2.45, 2.75) is 24.7 Å². The highest BCUT2D eigenvalue weighted by Crippen LogP contribution is 2.26. The minimum absolute atomic E-state index is 0.0649. The molecule has 1 atom stereocenters. The number of nitrogens with one attached hydrogen (secondary N) is 2. The molecule has 114 valence electrons. The average Bonchev–Trinajstić information content (AvgIpc) is 2.46. The van der Waals surface area contributed by atoms with Crippen LogP contribution in [0.5, 0.6) is 0 Å². The van der Waals surface area contributed by atoms with Gasteiger partial charge >= 0.3 is 0 Å². The molecular weight excluding hydrogens is 310 g/mol. The van der Waals surface area contributed by atoms with Gasteiger partial charge in [-0.1, -0.05) is 18.5 Å². The molecule has 0 bridgehead atoms. The molecule has 0 amide bonds. The molecule has 0 aliphatic carbocycles. The summed E-state index contributed by atoms with van der Waals surface area (Å²) >= 11 is 5.84. The van der Waals surface area contributed by atoms with Crippen molar-refractivity contribution in [1.29, 1.82) is 5.26 Å². The van der Waals surface area contributed by atoms with Crippen LogP contribution >= 0.6 is 11.6 Å². The highest BCUT2D eigenvalue weighted by atomic mass is 35.5. The lowest BCUT2D eigenvalue weighted by Gasteiger charge is -2.34. The zero-order chi connectivity index (χ0) is 15.5. The van der Waals surface area contributed by atoms with Crippen LogP contribution in [-0.2, 0) is 10.0 Å². The van der Waals surface area contributed by atoms with Gasteiger partial charge in [-0.3, -0.25) is 0 Å². The van der Waals surface area contributed by atoms with Crippen LogP contribution in [0, 0.1) is 16.7 Å². The molecular formula is C14H18ClN3O2S. The van der Waals surface area contributed by atoms with Gasteiger partial charge in [-0.25, -0.2) is 13.1 Å². The van der Waals surface area contributed by atoms with E-state index in [0.29, 0.717) is 11.6 Å². The molecule has 0 radical (unpaired) electrons. The maximum absolute atomic E-state index is 12.4. The minimum Gasteiger partial charge on any atom is -0.316 e. The normalized spacial score (nSPS) is 22.7. The van der Waals surface area contributed by atoms with Gasteiger partial charge in [0.2, 0.25) is 10.0 Å². The molecule has 5 nitrogen and oxygen atoms in total. The summed E-state index contributed by atoms with van der Waals surface area (Å²) in [6.07, 6.45) is 1.99. The summed E-state index contributed by atoms with van der Waals surface area (Å²) in [5.74, 6) is 0. The van der Waals surface area contributed by atoms with Crippen LogP contribution in [-0.4, -0.2) is 28.1 Å². The van der Waals surface area contributed by atoms with E-state index in [0.717, 1.165) is 25.9 Å². The highest BCUT2D eigenvalue weighted by molar-refractivity contribution is 7.89. The van der Waals surface area contributed by atoms with E-state index in [1.165, 1.54) is 18.2 Å². The van der Waals surface area contributed by atoms with Gasteiger partial charge in [-0.2, -0.15) is 5.26 Å². The number of rotatable bonds is 4. The Balaban J connectivity index is 2.19. The van der Waals surface area contributed by atoms with Crippen LogP contribution in [0.4, 0.5) is 0 Å². The van der Waals surface area contributed by atoms with Gasteiger partial charge in [-0.05, 0) is 43.0 Å². The van der Waals surface area contributed by atoms with Gasteiger partial charge in [0, 0.05) is 18.1 Å². The first-order valence-corrected chi connectivity index (χ1v) is 8.62. The molecule has 1 heterocycles. The standard InChI is InChI=1S/C14H18ClN3O2S/c1-14(5-2-6-17-9-14)10-18-21(19,20)13-7-12(15)4-3-11(13)8-16/h3-4,7,17-18H,2,5-6,9-10H2,1H3. The molecule has 1 unspecified atom stereocenters. The van der Waals surface area contributed by atoms with Crippen LogP contribution in [0.15, 0.2) is 23.1 Å². The van der Waals surface area contributed by atoms with E-state index in [2.05, 4.69) is 10.0 Å². The number of piperidine rings is 1. The summed E-state index contributed by atoms with van der Waals surface area (Å²) in [5.41, 5.74) is -0.0183. The molecule has 0 spiro atoms. The molecule has 21 heavy (non-hydrogen) atoms. The van der Waals surface area contributed by atoms with Crippen LogP contribution in [0.1, 0.15) is 25.3 Å². The van der Waals surface area contributed by atoms with Crippen molar-refractivity contribution in [1.82, 2.24) is 10.0 Å². The molecule has 1 aromatic carbocycles. The Hall–Kier alpha value is -1.13. The summed E-state index contributed by atoms with van der Waals surface area (Å²) in [4.78, 5) is -0.0649. The summed E-state index contributed by atoms with van der Waals surface area (Å²) in [5, 5.41) is 12.6. The highest BCUT2D eigenvalue weighted by Gasteiger charge is 2.29. The monoisotopic (exact) mass is 327 g/mol. The van der Waals surface area contributed by atoms with E-state index in [4.69, 9.17) is 16.9 Å². The second kappa shape index (κ2) is 6.32. The molecule has 1 aliphatic rings. The van der Waals surface area contributed by atoms with Crippen LogP contribution in [0.2, 0.25) is 5.02 Å². The topological polar surface area (TPSA) is 82.0 Å². The van der Waals surface area contributed by atoms with E-state index >= 15 is 0 Å². The van der Waals surface area contributed by atoms with E-state index in [-0.39, 0.29) is 15.9 Å². The van der Waals surface area contributed by atoms with Gasteiger partial charge in [0.1, 0.15) is 11.0 Å². The maximum atomic E-state index is 12.4. The predicted octanol–water partition coefficient (Wildman–Crippen LogP) is 1.88. The van der Waals surface area contributed by atoms with Crippen molar-refractivity contribution >= 4 is 21.6 Å². The molecule has 1 aromatic rings. The lowest BCUT2D eigenvalue weighted by molar-refractivity contribution is 0.238. The van der Waals surface area contributed by atoms with Crippen LogP contribution in [0.3, 0.4) is 0 Å². The SMILES string of the molecule is CC1(CNS(=O)(=O)c2cc(Cl)ccc2C#N)CCCNC1. The van der Waals surface area contributed by atoms with Crippen molar-refractivity contribution in [3.05, 3.63) is 28.8 Å². The van der Waals surface area contributed by atoms with Gasteiger partial charge in [0.25, 0.3) is 0 Å². The number of nitriles is 1. The van der Waals surface area contributed by atoms with Crippen molar-refractivity contribution < 1.29 is 8.42 Å². The van der Waals surface area contributed by atoms with Crippen LogP contribution < -0.4 is 10.0 Å². The molecule has 1 saturated heterocycles. The van der Waals surface area contributed by atoms with Gasteiger partial charge in [-0.15, -0.1) is 0 Å². The van der Waals surface area contributed by atoms with Crippen molar-refractivity contribution in [3.63, 3.8) is 0 Å². The number of benzene rings is 1. The Morgan fingerprint density at radius 1 is 1.52 bits per heavy atom. The lowest BCUT2D eigenvalue weighted by atomic mass is 9.83. The third kappa shape index (κ3) is 3.95. The second-order valence-electron chi connectivity index (χ2n) is 5.67. The fourth-order valence-electron chi connectivity index (χ4n) is 2.43. The van der Waals surface area contributed by atoms with E-state index in [1.54, 1.807) is 0 Å². The summed E-state index contributed by atoms with van der Waals surface area (Å²) < 4.78 is 27.4. The zero-order valence-electron chi connectivity index (χ0n) is 11.8. The van der Waals surface area contributed by atoms with E-state index in [9.17, 15) is 8.42 Å². The van der Waals surface area contributed by atoms with Crippen molar-refractivity contribution in [2.75, 3.05) is 19.6 Å². The van der Waals surface area contributed by atoms with Crippen molar-refractivity contribution in [3.8, 4) is 6.07 Å². The first kappa shape index (κ1) is 16.2. The quantitative estimate of drug-likeness (QED) is 0.884. The summed E-state index contributed by atoms with van der Waals surface area (Å²) in [6.45, 7) is 4.12. The maximum Gasteiger partial charge on any atom is 0.241 e. The Morgan fingerprint density at radius 2 is 2.29 bits per heavy atom. The Bertz CT molecular complexity index is 661. The molecule has 0 saturated carbocycles. The molecule has 2 rings (SSSR count). The van der Waals surface area contributed by atoms with Crippen molar-refractivity contribution in [2.24, 2.45) is 5.41 Å². The third-order valence-corrected chi connectivity index (χ3v) is 5.40. The largest absolute Gasteiger partial charge is 0.316 e. The molecule has 1 fully saturated rings. The van der Waals surface area contributed by atoms with Gasteiger partial charge < -0.3 is 5.32 Å². The summed E-state index contributed by atoms with van der Waals surface area (Å²) in [6, 6.07) is 6.12. The van der Waals surface area contributed by atoms with E-state index in [1.807, 2.05) is 13.0 Å². The number of halogens is 1. The molecule has 0 aromatic heterocycles. The number of nitrogens with zero attached hydrogens (tertiary/aromatic N) is 1. The zero-order valence-corrected chi connectivity index (χ0v) is 13.4. The Kier molecular flexibility index (Phi) is 4.89. The summed E-state index contributed by atoms with van der Waals surface area (Å²) in [7, 11) is -3.75. The Morgan fingerprint density at radius 3 is 2.90 bits per heavy atom. The molecule has 2 N–H and O–H groups in total. The number of hydrogen-bond donors (Lipinski definition) is 2. The first-order valence-electron chi connectivity index (χ1n) is 6.76. The van der Waals surface area contributed by atoms with Gasteiger partial charge in [0.15, 0.2) is 0 Å². The van der Waals surface area contributed by atoms with Crippen LogP contribution in [0.25, 0.3) is 0 Å². The number of sulfonamides is 1. The lowest BCUT2D eigenvalue weighted by Crippen LogP contribution is -2.45.